The maximum absolute atomic E-state index is 7.75. The van der Waals surface area contributed by atoms with E-state index in [0.717, 1.165) is 23.3 Å². The van der Waals surface area contributed by atoms with Gasteiger partial charge in [-0.3, -0.25) is 6.79 Å². The molecule has 0 aliphatic heterocycles. The van der Waals surface area contributed by atoms with Gasteiger partial charge < -0.3 is 11.7 Å². The number of rotatable bonds is 5. The molecule has 2 nitrogen and oxygen atoms in total. The zero-order valence-corrected chi connectivity index (χ0v) is 23.7. The molecule has 1 heterocycles. The van der Waals surface area contributed by atoms with E-state index in [2.05, 4.69) is 65.9 Å². The van der Waals surface area contributed by atoms with Gasteiger partial charge in [-0.2, -0.15) is 6.42 Å². The van der Waals surface area contributed by atoms with E-state index in [1.54, 1.807) is 17.3 Å². The third kappa shape index (κ3) is 6.66. The first kappa shape index (κ1) is 27.7. The predicted molar refractivity (Wildman–Crippen MR) is 148 cm³/mol. The average Bonchev–Trinajstić information content (AvgIpc) is 2.93. The van der Waals surface area contributed by atoms with Gasteiger partial charge in [0.2, 0.25) is 0 Å². The summed E-state index contributed by atoms with van der Waals surface area (Å²) in [6, 6.07) is 15.8. The molecule has 0 N–H and O–H groups in total. The number of hydrogen-bond donors (Lipinski definition) is 0. The molecule has 0 atom stereocenters. The first-order valence-electron chi connectivity index (χ1n) is 12.7. The molecule has 0 spiro atoms. The van der Waals surface area contributed by atoms with Gasteiger partial charge in [-0.25, -0.2) is 4.98 Å². The summed E-state index contributed by atoms with van der Waals surface area (Å²) < 4.78 is 0. The molecule has 0 radical (unpaired) electrons. The summed E-state index contributed by atoms with van der Waals surface area (Å²) in [4.78, 5) is 13.0. The summed E-state index contributed by atoms with van der Waals surface area (Å²) in [5.74, 6) is 0. The van der Waals surface area contributed by atoms with Crippen molar-refractivity contribution in [2.45, 2.75) is 88.1 Å². The molecule has 0 bridgehead atoms. The van der Waals surface area contributed by atoms with Crippen molar-refractivity contribution in [3.8, 4) is 0 Å². The summed E-state index contributed by atoms with van der Waals surface area (Å²) in [6.45, 7) is 7.39. The van der Waals surface area contributed by atoms with Gasteiger partial charge in [0.1, 0.15) is 0 Å². The van der Waals surface area contributed by atoms with Crippen LogP contribution in [0.5, 0.6) is 0 Å². The molecule has 5 rings (SSSR count). The van der Waals surface area contributed by atoms with Gasteiger partial charge in [-0.05, 0) is 57.4 Å². The van der Waals surface area contributed by atoms with Crippen LogP contribution >= 0.6 is 17.6 Å². The topological polar surface area (TPSA) is 30.0 Å². The zero-order valence-electron chi connectivity index (χ0n) is 20.1. The minimum absolute atomic E-state index is 0.409. The van der Waals surface area contributed by atoms with E-state index in [4.69, 9.17) is 9.78 Å². The normalized spacial score (nSPS) is 17.2. The predicted octanol–water partition coefficient (Wildman–Crippen LogP) is 8.29. The van der Waals surface area contributed by atoms with Crippen LogP contribution in [-0.2, 0) is 34.7 Å². The average molecular weight is 584 g/mol. The Bertz CT molecular complexity index is 1020. The number of carbonyl (C=O) groups excluding carboxylic acids is 1. The number of halogens is 1. The molecule has 184 valence electrons. The van der Waals surface area contributed by atoms with Crippen LogP contribution in [0.1, 0.15) is 75.3 Å². The number of nitrogens with zero attached hydrogens (tertiary/aromatic N) is 1. The van der Waals surface area contributed by atoms with Crippen LogP contribution < -0.4 is 0 Å². The SMILES string of the molecule is [CH-]=O.[CH2-]Cc1cccc2cc3cccc(C[PH+](C4CCCCC4)C4CCCCC4)c3nc12.[Cl][RuH+2]. The van der Waals surface area contributed by atoms with Crippen molar-refractivity contribution in [2.75, 3.05) is 0 Å². The fourth-order valence-electron chi connectivity index (χ4n) is 6.14. The van der Waals surface area contributed by atoms with Crippen molar-refractivity contribution in [3.05, 3.63) is 60.5 Å². The molecule has 0 amide bonds. The number of aromatic nitrogens is 1. The van der Waals surface area contributed by atoms with E-state index >= 15 is 0 Å². The molecule has 3 aromatic rings. The van der Waals surface area contributed by atoms with Crippen LogP contribution in [0.15, 0.2) is 42.5 Å². The molecule has 2 aromatic carbocycles. The zero-order chi connectivity index (χ0) is 24.3. The van der Waals surface area contributed by atoms with E-state index in [1.165, 1.54) is 97.8 Å². The Balaban J connectivity index is 0.000000771. The van der Waals surface area contributed by atoms with Gasteiger partial charge in [-0.15, -0.1) is 0 Å². The standard InChI is InChI=1S/C28H35NP.CHO.ClH.Ru.H/c1-2-21-11-9-12-22-19-23-13-10-14-24(28(23)29-27(21)22)20-30(25-15-5-3-6-16-25)26-17-7-4-8-18-26;1-2;;;/h9-14,19,25-26H,1-8,15-18,20H2;1H;1H;;/q2*-1;;+3;. The van der Waals surface area contributed by atoms with Gasteiger partial charge in [-0.1, -0.05) is 54.8 Å². The Morgan fingerprint density at radius 1 is 0.824 bits per heavy atom. The van der Waals surface area contributed by atoms with E-state index in [-0.39, 0.29) is 0 Å². The first-order chi connectivity index (χ1) is 16.8. The van der Waals surface area contributed by atoms with Crippen molar-refractivity contribution in [1.29, 1.82) is 0 Å². The quantitative estimate of drug-likeness (QED) is 0.0994. The molecule has 2 aliphatic carbocycles. The van der Waals surface area contributed by atoms with Crippen molar-refractivity contribution in [3.63, 3.8) is 0 Å². The summed E-state index contributed by atoms with van der Waals surface area (Å²) in [5, 5.41) is 2.57. The van der Waals surface area contributed by atoms with Crippen molar-refractivity contribution < 1.29 is 22.1 Å². The van der Waals surface area contributed by atoms with Gasteiger partial charge in [0.15, 0.2) is 0 Å². The van der Waals surface area contributed by atoms with Gasteiger partial charge >= 0.3 is 27.0 Å². The Kier molecular flexibility index (Phi) is 11.9. The minimum atomic E-state index is -0.409. The summed E-state index contributed by atoms with van der Waals surface area (Å²) in [5.41, 5.74) is 7.28. The van der Waals surface area contributed by atoms with Crippen molar-refractivity contribution in [2.24, 2.45) is 0 Å². The molecule has 2 fully saturated rings. The molecular weight excluding hydrogens is 546 g/mol. The molecule has 0 saturated heterocycles. The summed E-state index contributed by atoms with van der Waals surface area (Å²) in [7, 11) is 4.20. The van der Waals surface area contributed by atoms with Gasteiger partial charge in [0.25, 0.3) is 0 Å². The molecule has 2 saturated carbocycles. The molecule has 5 heteroatoms. The summed E-state index contributed by atoms with van der Waals surface area (Å²) in [6.07, 6.45) is 16.9. The maximum atomic E-state index is 7.75. The fourth-order valence-corrected chi connectivity index (χ4v) is 10.4. The van der Waals surface area contributed by atoms with Crippen molar-refractivity contribution in [1.82, 2.24) is 4.98 Å². The molecule has 34 heavy (non-hydrogen) atoms. The van der Waals surface area contributed by atoms with E-state index < -0.39 is 7.92 Å². The van der Waals surface area contributed by atoms with Crippen LogP contribution in [0, 0.1) is 6.92 Å². The van der Waals surface area contributed by atoms with Crippen LogP contribution in [-0.4, -0.2) is 23.1 Å². The number of hydrogen-bond acceptors (Lipinski definition) is 2. The van der Waals surface area contributed by atoms with Crippen LogP contribution in [0.2, 0.25) is 0 Å². The molecule has 2 aliphatic rings. The number of para-hydroxylation sites is 2. The van der Waals surface area contributed by atoms with Crippen molar-refractivity contribution >= 4 is 46.2 Å². The Morgan fingerprint density at radius 3 is 1.79 bits per heavy atom. The third-order valence-corrected chi connectivity index (χ3v) is 11.8. The number of pyridine rings is 1. The summed E-state index contributed by atoms with van der Waals surface area (Å²) >= 11 is 1.62. The molecule has 0 unspecified atom stereocenters. The fraction of sp³-hybridized carbons (Fsp3) is 0.483. The third-order valence-electron chi connectivity index (χ3n) is 7.76. The van der Waals surface area contributed by atoms with E-state index in [1.807, 2.05) is 0 Å². The number of fused-ring (bicyclic) bond motifs is 2. The molecule has 1 aromatic heterocycles. The second-order valence-corrected chi connectivity index (χ2v) is 12.8. The second kappa shape index (κ2) is 14.6. The van der Waals surface area contributed by atoms with Crippen LogP contribution in [0.4, 0.5) is 0 Å². The van der Waals surface area contributed by atoms with Gasteiger partial charge in [0, 0.05) is 24.3 Å². The van der Waals surface area contributed by atoms with Crippen LogP contribution in [0.25, 0.3) is 21.8 Å². The van der Waals surface area contributed by atoms with E-state index in [9.17, 15) is 0 Å². The second-order valence-electron chi connectivity index (χ2n) is 9.64. The van der Waals surface area contributed by atoms with E-state index in [0.29, 0.717) is 0 Å². The Hall–Kier alpha value is -0.877. The van der Waals surface area contributed by atoms with Gasteiger partial charge in [0.05, 0.1) is 28.5 Å². The Labute approximate surface area is 221 Å². The molecular formula is C29H38ClNOPRu+. The van der Waals surface area contributed by atoms with Crippen LogP contribution in [0.3, 0.4) is 0 Å². The first-order valence-corrected chi connectivity index (χ1v) is 16.9. The Morgan fingerprint density at radius 2 is 1.29 bits per heavy atom. The number of benzene rings is 2. The monoisotopic (exact) mass is 584 g/mol.